The lowest BCUT2D eigenvalue weighted by Gasteiger charge is -2.10. The smallest absolute Gasteiger partial charge is 0.233 e. The minimum Gasteiger partial charge on any atom is -0.348 e. The molecule has 6 nitrogen and oxygen atoms in total. The van der Waals surface area contributed by atoms with Crippen molar-refractivity contribution in [3.63, 3.8) is 0 Å². The van der Waals surface area contributed by atoms with Crippen LogP contribution < -0.4 is 5.32 Å². The third-order valence-corrected chi connectivity index (χ3v) is 5.61. The van der Waals surface area contributed by atoms with E-state index < -0.39 is 0 Å². The number of aromatic nitrogens is 4. The van der Waals surface area contributed by atoms with E-state index >= 15 is 0 Å². The van der Waals surface area contributed by atoms with Crippen molar-refractivity contribution in [2.45, 2.75) is 36.5 Å². The fourth-order valence-corrected chi connectivity index (χ4v) is 4.33. The number of nitrogens with one attached hydrogen (secondary N) is 1. The van der Waals surface area contributed by atoms with Crippen LogP contribution in [0.5, 0.6) is 0 Å². The summed E-state index contributed by atoms with van der Waals surface area (Å²) in [7, 11) is 0. The number of carbonyl (C=O) groups is 1. The van der Waals surface area contributed by atoms with E-state index in [1.54, 1.807) is 17.7 Å². The molecule has 2 aromatic heterocycles. The number of rotatable bonds is 6. The van der Waals surface area contributed by atoms with Gasteiger partial charge < -0.3 is 9.88 Å². The van der Waals surface area contributed by atoms with Gasteiger partial charge in [0.25, 0.3) is 0 Å². The maximum absolute atomic E-state index is 12.2. The van der Waals surface area contributed by atoms with Crippen LogP contribution >= 0.6 is 23.1 Å². The second-order valence-electron chi connectivity index (χ2n) is 4.96. The number of aryl methyl sites for hydroxylation is 1. The Hall–Kier alpha value is -1.93. The van der Waals surface area contributed by atoms with E-state index in [0.29, 0.717) is 6.54 Å². The van der Waals surface area contributed by atoms with Gasteiger partial charge in [0.15, 0.2) is 10.2 Å². The number of carbonyl (C=O) groups excluding carboxylic acids is 1. The summed E-state index contributed by atoms with van der Waals surface area (Å²) < 4.78 is 3.95. The summed E-state index contributed by atoms with van der Waals surface area (Å²) in [6.07, 6.45) is 1.67. The Morgan fingerprint density at radius 1 is 1.43 bits per heavy atom. The van der Waals surface area contributed by atoms with Crippen molar-refractivity contribution in [1.82, 2.24) is 25.1 Å². The van der Waals surface area contributed by atoms with Gasteiger partial charge in [-0.25, -0.2) is 4.98 Å². The van der Waals surface area contributed by atoms with Crippen LogP contribution in [-0.4, -0.2) is 30.9 Å². The third kappa shape index (κ3) is 3.70. The molecule has 1 amide bonds. The lowest BCUT2D eigenvalue weighted by molar-refractivity contribution is -0.120. The maximum atomic E-state index is 12.2. The first kappa shape index (κ1) is 15.9. The van der Waals surface area contributed by atoms with Gasteiger partial charge in [-0.3, -0.25) is 4.79 Å². The first-order valence-electron chi connectivity index (χ1n) is 7.34. The summed E-state index contributed by atoms with van der Waals surface area (Å²) >= 11 is 3.09. The molecule has 0 aliphatic carbocycles. The van der Waals surface area contributed by atoms with E-state index in [1.807, 2.05) is 42.7 Å². The highest BCUT2D eigenvalue weighted by Gasteiger charge is 2.17. The number of benzene rings is 1. The molecular weight excluding hydrogens is 330 g/mol. The molecule has 120 valence electrons. The second kappa shape index (κ2) is 7.10. The van der Waals surface area contributed by atoms with Crippen LogP contribution in [-0.2, 0) is 17.9 Å². The van der Waals surface area contributed by atoms with Crippen molar-refractivity contribution in [2.24, 2.45) is 0 Å². The average molecular weight is 347 g/mol. The molecule has 0 spiro atoms. The zero-order valence-electron chi connectivity index (χ0n) is 12.9. The lowest BCUT2D eigenvalue weighted by Crippen LogP contribution is -2.31. The molecule has 3 aromatic rings. The molecule has 0 aliphatic heterocycles. The van der Waals surface area contributed by atoms with E-state index in [-0.39, 0.29) is 11.2 Å². The summed E-state index contributed by atoms with van der Waals surface area (Å²) in [5.74, 6) is 0.734. The number of thiazole rings is 1. The fraction of sp³-hybridized carbons (Fsp3) is 0.333. The second-order valence-corrected chi connectivity index (χ2v) is 7.58. The highest BCUT2D eigenvalue weighted by atomic mass is 32.2. The Bertz CT molecular complexity index is 780. The number of thioether (sulfide) groups is 1. The Kier molecular flexibility index (Phi) is 4.92. The molecule has 8 heteroatoms. The number of nitrogens with zero attached hydrogens (tertiary/aromatic N) is 4. The molecule has 0 aliphatic rings. The Labute approximate surface area is 142 Å². The van der Waals surface area contributed by atoms with Crippen LogP contribution in [0, 0.1) is 0 Å². The molecule has 1 N–H and O–H groups in total. The standard InChI is InChI=1S/C15H17N5OS2/c1-3-20-9-17-19-13(20)8-16-14(21)10(2)22-15-18-11-6-4-5-7-12(11)23-15/h4-7,9-10H,3,8H2,1-2H3,(H,16,21)/t10-/m0/s1. The van der Waals surface area contributed by atoms with Crippen molar-refractivity contribution in [1.29, 1.82) is 0 Å². The molecule has 0 bridgehead atoms. The van der Waals surface area contributed by atoms with Crippen molar-refractivity contribution < 1.29 is 4.79 Å². The number of hydrogen-bond donors (Lipinski definition) is 1. The largest absolute Gasteiger partial charge is 0.348 e. The van der Waals surface area contributed by atoms with Gasteiger partial charge >= 0.3 is 0 Å². The molecular formula is C15H17N5OS2. The fourth-order valence-electron chi connectivity index (χ4n) is 2.10. The molecule has 0 radical (unpaired) electrons. The number of para-hydroxylation sites is 1. The highest BCUT2D eigenvalue weighted by molar-refractivity contribution is 8.02. The van der Waals surface area contributed by atoms with Crippen LogP contribution in [0.2, 0.25) is 0 Å². The topological polar surface area (TPSA) is 72.7 Å². The summed E-state index contributed by atoms with van der Waals surface area (Å²) in [6, 6.07) is 7.99. The van der Waals surface area contributed by atoms with Gasteiger partial charge in [0, 0.05) is 6.54 Å². The number of amides is 1. The van der Waals surface area contributed by atoms with Crippen molar-refractivity contribution in [3.8, 4) is 0 Å². The molecule has 1 atom stereocenters. The molecule has 2 heterocycles. The van der Waals surface area contributed by atoms with Gasteiger partial charge in [-0.15, -0.1) is 21.5 Å². The lowest BCUT2D eigenvalue weighted by atomic mass is 10.3. The Balaban J connectivity index is 1.59. The first-order chi connectivity index (χ1) is 11.2. The molecule has 0 saturated carbocycles. The summed E-state index contributed by atoms with van der Waals surface area (Å²) in [4.78, 5) is 16.8. The number of fused-ring (bicyclic) bond motifs is 1. The van der Waals surface area contributed by atoms with Gasteiger partial charge in [0.2, 0.25) is 5.91 Å². The van der Waals surface area contributed by atoms with Gasteiger partial charge in [-0.1, -0.05) is 23.9 Å². The van der Waals surface area contributed by atoms with Gasteiger partial charge in [-0.2, -0.15) is 0 Å². The van der Waals surface area contributed by atoms with Crippen LogP contribution in [0.3, 0.4) is 0 Å². The van der Waals surface area contributed by atoms with E-state index in [0.717, 1.165) is 26.9 Å². The monoisotopic (exact) mass is 347 g/mol. The molecule has 3 rings (SSSR count). The van der Waals surface area contributed by atoms with Crippen molar-refractivity contribution in [2.75, 3.05) is 0 Å². The van der Waals surface area contributed by atoms with E-state index in [1.165, 1.54) is 11.8 Å². The summed E-state index contributed by atoms with van der Waals surface area (Å²) in [5, 5.41) is 10.6. The van der Waals surface area contributed by atoms with Gasteiger partial charge in [-0.05, 0) is 26.0 Å². The Morgan fingerprint density at radius 2 is 2.26 bits per heavy atom. The quantitative estimate of drug-likeness (QED) is 0.694. The number of hydrogen-bond acceptors (Lipinski definition) is 6. The molecule has 23 heavy (non-hydrogen) atoms. The zero-order valence-corrected chi connectivity index (χ0v) is 14.5. The predicted octanol–water partition coefficient (Wildman–Crippen LogP) is 2.70. The van der Waals surface area contributed by atoms with Gasteiger partial charge in [0.1, 0.15) is 6.33 Å². The molecule has 0 saturated heterocycles. The van der Waals surface area contributed by atoms with Crippen molar-refractivity contribution in [3.05, 3.63) is 36.4 Å². The van der Waals surface area contributed by atoms with Crippen LogP contribution in [0.25, 0.3) is 10.2 Å². The summed E-state index contributed by atoms with van der Waals surface area (Å²) in [6.45, 7) is 5.07. The normalized spacial score (nSPS) is 12.4. The molecule has 0 fully saturated rings. The minimum absolute atomic E-state index is 0.0279. The molecule has 0 unspecified atom stereocenters. The highest BCUT2D eigenvalue weighted by Crippen LogP contribution is 2.31. The van der Waals surface area contributed by atoms with Crippen molar-refractivity contribution >= 4 is 39.2 Å². The minimum atomic E-state index is -0.214. The maximum Gasteiger partial charge on any atom is 0.233 e. The van der Waals surface area contributed by atoms with Crippen LogP contribution in [0.4, 0.5) is 0 Å². The SMILES string of the molecule is CCn1cnnc1CNC(=O)[C@H](C)Sc1nc2ccccc2s1. The first-order valence-corrected chi connectivity index (χ1v) is 9.03. The summed E-state index contributed by atoms with van der Waals surface area (Å²) in [5.41, 5.74) is 0.976. The third-order valence-electron chi connectivity index (χ3n) is 3.38. The molecule has 1 aromatic carbocycles. The zero-order chi connectivity index (χ0) is 16.2. The predicted molar refractivity (Wildman–Crippen MR) is 92.5 cm³/mol. The van der Waals surface area contributed by atoms with Crippen LogP contribution in [0.1, 0.15) is 19.7 Å². The van der Waals surface area contributed by atoms with Gasteiger partial charge in [0.05, 0.1) is 22.0 Å². The Morgan fingerprint density at radius 3 is 3.04 bits per heavy atom. The van der Waals surface area contributed by atoms with Crippen LogP contribution in [0.15, 0.2) is 34.9 Å². The van der Waals surface area contributed by atoms with E-state index in [4.69, 9.17) is 0 Å². The van der Waals surface area contributed by atoms with E-state index in [9.17, 15) is 4.79 Å². The van der Waals surface area contributed by atoms with E-state index in [2.05, 4.69) is 20.5 Å². The average Bonchev–Trinajstić information content (AvgIpc) is 3.17.